The molecule has 5 nitrogen and oxygen atoms in total. The van der Waals surface area contributed by atoms with Gasteiger partial charge >= 0.3 is 0 Å². The van der Waals surface area contributed by atoms with Gasteiger partial charge < -0.3 is 9.51 Å². The van der Waals surface area contributed by atoms with Gasteiger partial charge in [-0.25, -0.2) is 4.98 Å². The minimum atomic E-state index is -0.302. The fourth-order valence-corrected chi connectivity index (χ4v) is 1.86. The lowest BCUT2D eigenvalue weighted by Crippen LogP contribution is -2.08. The van der Waals surface area contributed by atoms with Crippen molar-refractivity contribution in [2.75, 3.05) is 0 Å². The summed E-state index contributed by atoms with van der Waals surface area (Å²) in [6.45, 7) is 3.74. The summed E-state index contributed by atoms with van der Waals surface area (Å²) < 4.78 is 5.06. The molecule has 0 aliphatic rings. The van der Waals surface area contributed by atoms with Gasteiger partial charge in [0.15, 0.2) is 0 Å². The summed E-state index contributed by atoms with van der Waals surface area (Å²) in [7, 11) is 0. The second-order valence-corrected chi connectivity index (χ2v) is 4.23. The molecule has 0 unspecified atom stereocenters. The number of hydrogen-bond donors (Lipinski definition) is 1. The number of benzene rings is 1. The smallest absolute Gasteiger partial charge is 0.297 e. The Labute approximate surface area is 102 Å². The fraction of sp³-hybridized carbons (Fsp3) is 0.154. The zero-order chi connectivity index (χ0) is 12.7. The lowest BCUT2D eigenvalue weighted by Gasteiger charge is -1.97. The van der Waals surface area contributed by atoms with Crippen molar-refractivity contribution in [3.63, 3.8) is 0 Å². The van der Waals surface area contributed by atoms with Gasteiger partial charge in [-0.15, -0.1) is 0 Å². The first kappa shape index (κ1) is 10.7. The number of hydrogen-bond acceptors (Lipinski definition) is 4. The van der Waals surface area contributed by atoms with Crippen LogP contribution >= 0.6 is 0 Å². The quantitative estimate of drug-likeness (QED) is 0.708. The standard InChI is InChI=1S/C13H11N3O2/c1-7-3-5-9(6-4-7)10-11-12(18-16-10)13(17)15-8(2)14-11/h3-6H,1-2H3,(H,14,15,17). The number of nitrogens with one attached hydrogen (secondary N) is 1. The Morgan fingerprint density at radius 1 is 1.17 bits per heavy atom. The summed E-state index contributed by atoms with van der Waals surface area (Å²) in [5.74, 6) is 0.545. The fourth-order valence-electron chi connectivity index (χ4n) is 1.86. The highest BCUT2D eigenvalue weighted by atomic mass is 16.5. The molecule has 1 aromatic carbocycles. The monoisotopic (exact) mass is 241 g/mol. The molecule has 2 aromatic heterocycles. The molecule has 0 fully saturated rings. The summed E-state index contributed by atoms with van der Waals surface area (Å²) in [5.41, 5.74) is 3.00. The first-order valence-corrected chi connectivity index (χ1v) is 5.58. The molecule has 1 N–H and O–H groups in total. The van der Waals surface area contributed by atoms with E-state index in [0.717, 1.165) is 11.1 Å². The molecule has 0 amide bonds. The Morgan fingerprint density at radius 2 is 1.89 bits per heavy atom. The number of aromatic nitrogens is 3. The maximum Gasteiger partial charge on any atom is 0.297 e. The number of H-pyrrole nitrogens is 1. The van der Waals surface area contributed by atoms with E-state index < -0.39 is 0 Å². The molecule has 0 bridgehead atoms. The highest BCUT2D eigenvalue weighted by molar-refractivity contribution is 5.87. The largest absolute Gasteiger partial charge is 0.348 e. The van der Waals surface area contributed by atoms with Crippen LogP contribution in [0.25, 0.3) is 22.4 Å². The van der Waals surface area contributed by atoms with E-state index in [0.29, 0.717) is 17.0 Å². The molecule has 3 rings (SSSR count). The van der Waals surface area contributed by atoms with Crippen molar-refractivity contribution in [2.45, 2.75) is 13.8 Å². The molecule has 18 heavy (non-hydrogen) atoms. The van der Waals surface area contributed by atoms with Gasteiger partial charge in [0.1, 0.15) is 17.0 Å². The molecule has 0 saturated heterocycles. The lowest BCUT2D eigenvalue weighted by molar-refractivity contribution is 0.456. The Bertz CT molecular complexity index is 769. The van der Waals surface area contributed by atoms with E-state index in [9.17, 15) is 4.79 Å². The molecule has 0 radical (unpaired) electrons. The predicted molar refractivity (Wildman–Crippen MR) is 67.3 cm³/mol. The van der Waals surface area contributed by atoms with E-state index in [1.54, 1.807) is 6.92 Å². The summed E-state index contributed by atoms with van der Waals surface area (Å²) in [6.07, 6.45) is 0. The van der Waals surface area contributed by atoms with Gasteiger partial charge in [-0.2, -0.15) is 0 Å². The van der Waals surface area contributed by atoms with Crippen molar-refractivity contribution in [3.05, 3.63) is 46.0 Å². The molecule has 5 heteroatoms. The van der Waals surface area contributed by atoms with Gasteiger partial charge in [0.25, 0.3) is 11.1 Å². The normalized spacial score (nSPS) is 11.0. The zero-order valence-corrected chi connectivity index (χ0v) is 10.0. The highest BCUT2D eigenvalue weighted by Crippen LogP contribution is 2.24. The summed E-state index contributed by atoms with van der Waals surface area (Å²) >= 11 is 0. The third kappa shape index (κ3) is 1.60. The summed E-state index contributed by atoms with van der Waals surface area (Å²) in [6, 6.07) is 7.83. The molecule has 0 spiro atoms. The first-order chi connectivity index (χ1) is 8.65. The van der Waals surface area contributed by atoms with Crippen LogP contribution in [0.1, 0.15) is 11.4 Å². The minimum absolute atomic E-state index is 0.163. The second-order valence-electron chi connectivity index (χ2n) is 4.23. The Hall–Kier alpha value is -2.43. The highest BCUT2D eigenvalue weighted by Gasteiger charge is 2.14. The van der Waals surface area contributed by atoms with Crippen molar-refractivity contribution in [2.24, 2.45) is 0 Å². The molecular formula is C13H11N3O2. The van der Waals surface area contributed by atoms with Gasteiger partial charge in [0, 0.05) is 5.56 Å². The van der Waals surface area contributed by atoms with Gasteiger partial charge in [-0.3, -0.25) is 4.79 Å². The SMILES string of the molecule is Cc1ccc(-c2noc3c(=O)[nH]c(C)nc23)cc1. The number of rotatable bonds is 1. The van der Waals surface area contributed by atoms with Gasteiger partial charge in [-0.1, -0.05) is 35.0 Å². The molecule has 0 aliphatic heterocycles. The van der Waals surface area contributed by atoms with Crippen molar-refractivity contribution < 1.29 is 4.52 Å². The zero-order valence-electron chi connectivity index (χ0n) is 10.0. The van der Waals surface area contributed by atoms with Gasteiger partial charge in [0.2, 0.25) is 0 Å². The summed E-state index contributed by atoms with van der Waals surface area (Å²) in [5, 5.41) is 3.94. The van der Waals surface area contributed by atoms with Crippen LogP contribution < -0.4 is 5.56 Å². The topological polar surface area (TPSA) is 71.8 Å². The average molecular weight is 241 g/mol. The van der Waals surface area contributed by atoms with Crippen molar-refractivity contribution in [1.29, 1.82) is 0 Å². The third-order valence-corrected chi connectivity index (χ3v) is 2.77. The van der Waals surface area contributed by atoms with Crippen molar-refractivity contribution in [1.82, 2.24) is 15.1 Å². The minimum Gasteiger partial charge on any atom is -0.348 e. The van der Waals surface area contributed by atoms with E-state index in [-0.39, 0.29) is 11.1 Å². The van der Waals surface area contributed by atoms with E-state index >= 15 is 0 Å². The number of fused-ring (bicyclic) bond motifs is 1. The van der Waals surface area contributed by atoms with Crippen LogP contribution in [0.3, 0.4) is 0 Å². The maximum atomic E-state index is 11.7. The van der Waals surface area contributed by atoms with Crippen molar-refractivity contribution in [3.8, 4) is 11.3 Å². The van der Waals surface area contributed by atoms with E-state index in [2.05, 4.69) is 15.1 Å². The maximum absolute atomic E-state index is 11.7. The van der Waals surface area contributed by atoms with E-state index in [1.165, 1.54) is 0 Å². The number of nitrogens with zero attached hydrogens (tertiary/aromatic N) is 2. The van der Waals surface area contributed by atoms with Crippen LogP contribution in [-0.4, -0.2) is 15.1 Å². The molecule has 0 saturated carbocycles. The second kappa shape index (κ2) is 3.80. The third-order valence-electron chi connectivity index (χ3n) is 2.77. The number of aryl methyl sites for hydroxylation is 2. The number of aromatic amines is 1. The van der Waals surface area contributed by atoms with Crippen LogP contribution in [0.2, 0.25) is 0 Å². The van der Waals surface area contributed by atoms with Crippen LogP contribution in [0.15, 0.2) is 33.6 Å². The molecule has 2 heterocycles. The summed E-state index contributed by atoms with van der Waals surface area (Å²) in [4.78, 5) is 18.5. The van der Waals surface area contributed by atoms with Gasteiger partial charge in [-0.05, 0) is 13.8 Å². The Kier molecular flexibility index (Phi) is 2.26. The van der Waals surface area contributed by atoms with Crippen LogP contribution in [-0.2, 0) is 0 Å². The van der Waals surface area contributed by atoms with Crippen LogP contribution in [0.4, 0.5) is 0 Å². The van der Waals surface area contributed by atoms with Crippen LogP contribution in [0, 0.1) is 13.8 Å². The van der Waals surface area contributed by atoms with Crippen LogP contribution in [0.5, 0.6) is 0 Å². The molecule has 3 aromatic rings. The lowest BCUT2D eigenvalue weighted by atomic mass is 10.1. The molecule has 0 aliphatic carbocycles. The Morgan fingerprint density at radius 3 is 2.61 bits per heavy atom. The molecular weight excluding hydrogens is 230 g/mol. The first-order valence-electron chi connectivity index (χ1n) is 5.58. The Balaban J connectivity index is 2.30. The predicted octanol–water partition coefficient (Wildman–Crippen LogP) is 2.19. The van der Waals surface area contributed by atoms with Gasteiger partial charge in [0.05, 0.1) is 0 Å². The van der Waals surface area contributed by atoms with Crippen molar-refractivity contribution >= 4 is 11.1 Å². The average Bonchev–Trinajstić information content (AvgIpc) is 2.74. The van der Waals surface area contributed by atoms with E-state index in [1.807, 2.05) is 31.2 Å². The molecule has 90 valence electrons. The van der Waals surface area contributed by atoms with E-state index in [4.69, 9.17) is 4.52 Å². The molecule has 0 atom stereocenters.